The molecule has 0 saturated heterocycles. The van der Waals surface area contributed by atoms with Crippen molar-refractivity contribution in [1.29, 1.82) is 0 Å². The average Bonchev–Trinajstić information content (AvgIpc) is 2.12. The zero-order valence-corrected chi connectivity index (χ0v) is 10.2. The van der Waals surface area contributed by atoms with Crippen LogP contribution in [0.15, 0.2) is 16.6 Å². The van der Waals surface area contributed by atoms with Gasteiger partial charge in [0.1, 0.15) is 5.82 Å². The van der Waals surface area contributed by atoms with Crippen molar-refractivity contribution in [2.45, 2.75) is 20.0 Å². The lowest BCUT2D eigenvalue weighted by Gasteiger charge is -2.17. The summed E-state index contributed by atoms with van der Waals surface area (Å²) in [5.41, 5.74) is 0.163. The predicted molar refractivity (Wildman–Crippen MR) is 58.9 cm³/mol. The summed E-state index contributed by atoms with van der Waals surface area (Å²) in [6, 6.07) is 2.81. The smallest absolute Gasteiger partial charge is 0.130 e. The van der Waals surface area contributed by atoms with Crippen LogP contribution >= 0.6 is 27.5 Å². The molecule has 0 spiro atoms. The Hall–Kier alpha value is -0.120. The fourth-order valence-electron chi connectivity index (χ4n) is 1.15. The molecular formula is C10H11BrClFO. The second-order valence-electron chi connectivity index (χ2n) is 3.45. The number of aliphatic hydroxyl groups excluding tert-OH is 1. The number of hydrogen-bond acceptors (Lipinski definition) is 1. The van der Waals surface area contributed by atoms with Crippen LogP contribution < -0.4 is 0 Å². The third-order valence-electron chi connectivity index (χ3n) is 2.01. The maximum absolute atomic E-state index is 13.4. The van der Waals surface area contributed by atoms with E-state index >= 15 is 0 Å². The van der Waals surface area contributed by atoms with Crippen LogP contribution in [0, 0.1) is 11.7 Å². The number of halogens is 3. The molecule has 0 aliphatic carbocycles. The Morgan fingerprint density at radius 1 is 1.43 bits per heavy atom. The van der Waals surface area contributed by atoms with Gasteiger partial charge >= 0.3 is 0 Å². The molecule has 0 heterocycles. The van der Waals surface area contributed by atoms with Crippen molar-refractivity contribution in [3.8, 4) is 0 Å². The highest BCUT2D eigenvalue weighted by Crippen LogP contribution is 2.35. The van der Waals surface area contributed by atoms with Crippen LogP contribution in [-0.4, -0.2) is 5.11 Å². The molecule has 1 aromatic carbocycles. The van der Waals surface area contributed by atoms with Gasteiger partial charge in [0.15, 0.2) is 0 Å². The van der Waals surface area contributed by atoms with E-state index in [1.54, 1.807) is 13.8 Å². The van der Waals surface area contributed by atoms with Gasteiger partial charge in [0.2, 0.25) is 0 Å². The Morgan fingerprint density at radius 2 is 2.00 bits per heavy atom. The molecule has 1 rings (SSSR count). The van der Waals surface area contributed by atoms with Crippen LogP contribution in [0.3, 0.4) is 0 Å². The molecule has 0 saturated carbocycles. The molecule has 1 N–H and O–H groups in total. The van der Waals surface area contributed by atoms with Crippen LogP contribution in [-0.2, 0) is 0 Å². The Bertz CT molecular complexity index is 341. The summed E-state index contributed by atoms with van der Waals surface area (Å²) >= 11 is 9.08. The molecule has 78 valence electrons. The van der Waals surface area contributed by atoms with Gasteiger partial charge in [0, 0.05) is 10.0 Å². The molecule has 1 nitrogen and oxygen atoms in total. The van der Waals surface area contributed by atoms with Gasteiger partial charge in [0.25, 0.3) is 0 Å². The lowest BCUT2D eigenvalue weighted by Crippen LogP contribution is -2.08. The van der Waals surface area contributed by atoms with Gasteiger partial charge in [0.05, 0.1) is 11.1 Å². The first-order chi connectivity index (χ1) is 6.45. The van der Waals surface area contributed by atoms with Crippen LogP contribution in [0.4, 0.5) is 4.39 Å². The van der Waals surface area contributed by atoms with E-state index in [1.807, 2.05) is 0 Å². The minimum atomic E-state index is -0.875. The lowest BCUT2D eigenvalue weighted by atomic mass is 9.99. The van der Waals surface area contributed by atoms with Crippen molar-refractivity contribution < 1.29 is 9.50 Å². The summed E-state index contributed by atoms with van der Waals surface area (Å²) in [6.45, 7) is 3.61. The first-order valence-corrected chi connectivity index (χ1v) is 5.43. The minimum Gasteiger partial charge on any atom is -0.388 e. The third kappa shape index (κ3) is 2.27. The minimum absolute atomic E-state index is 0.0729. The van der Waals surface area contributed by atoms with Gasteiger partial charge < -0.3 is 5.11 Å². The summed E-state index contributed by atoms with van der Waals surface area (Å²) in [7, 11) is 0. The zero-order valence-electron chi connectivity index (χ0n) is 7.89. The molecule has 4 heteroatoms. The summed E-state index contributed by atoms with van der Waals surface area (Å²) in [4.78, 5) is 0. The third-order valence-corrected chi connectivity index (χ3v) is 3.30. The Kier molecular flexibility index (Phi) is 3.93. The van der Waals surface area contributed by atoms with Crippen LogP contribution in [0.1, 0.15) is 25.5 Å². The Balaban J connectivity index is 3.25. The maximum atomic E-state index is 13.4. The predicted octanol–water partition coefficient (Wildman–Crippen LogP) is 3.93. The molecule has 1 aromatic rings. The van der Waals surface area contributed by atoms with Gasteiger partial charge in [-0.1, -0.05) is 25.4 Å². The van der Waals surface area contributed by atoms with E-state index in [4.69, 9.17) is 11.6 Å². The molecule has 0 amide bonds. The van der Waals surface area contributed by atoms with Crippen molar-refractivity contribution in [3.05, 3.63) is 33.0 Å². The maximum Gasteiger partial charge on any atom is 0.130 e. The van der Waals surface area contributed by atoms with E-state index in [0.717, 1.165) is 0 Å². The topological polar surface area (TPSA) is 20.2 Å². The molecule has 0 aromatic heterocycles. The first kappa shape index (κ1) is 12.0. The zero-order chi connectivity index (χ0) is 10.9. The van der Waals surface area contributed by atoms with E-state index in [2.05, 4.69) is 15.9 Å². The standard InChI is InChI=1S/C10H11BrClFO/c1-5(2)10(14)8-7(13)4-3-6(11)9(8)12/h3-5,10,14H,1-2H3. The molecule has 0 bridgehead atoms. The Labute approximate surface area is 96.0 Å². The summed E-state index contributed by atoms with van der Waals surface area (Å²) < 4.78 is 14.0. The molecule has 0 aliphatic rings. The molecule has 0 aliphatic heterocycles. The summed E-state index contributed by atoms with van der Waals surface area (Å²) in [6.07, 6.45) is -0.875. The normalized spacial score (nSPS) is 13.4. The van der Waals surface area contributed by atoms with E-state index in [1.165, 1.54) is 12.1 Å². The van der Waals surface area contributed by atoms with Crippen LogP contribution in [0.25, 0.3) is 0 Å². The molecule has 0 fully saturated rings. The largest absolute Gasteiger partial charge is 0.388 e. The second-order valence-corrected chi connectivity index (χ2v) is 4.68. The van der Waals surface area contributed by atoms with E-state index < -0.39 is 11.9 Å². The number of rotatable bonds is 2. The fourth-order valence-corrected chi connectivity index (χ4v) is 1.76. The van der Waals surface area contributed by atoms with E-state index in [-0.39, 0.29) is 16.5 Å². The number of benzene rings is 1. The van der Waals surface area contributed by atoms with Gasteiger partial charge in [-0.2, -0.15) is 0 Å². The lowest BCUT2D eigenvalue weighted by molar-refractivity contribution is 0.123. The Morgan fingerprint density at radius 3 is 2.50 bits per heavy atom. The van der Waals surface area contributed by atoms with Crippen molar-refractivity contribution in [2.75, 3.05) is 0 Å². The number of aliphatic hydroxyl groups is 1. The van der Waals surface area contributed by atoms with Crippen LogP contribution in [0.5, 0.6) is 0 Å². The molecule has 14 heavy (non-hydrogen) atoms. The highest BCUT2D eigenvalue weighted by Gasteiger charge is 2.21. The summed E-state index contributed by atoms with van der Waals surface area (Å²) in [5, 5.41) is 9.98. The highest BCUT2D eigenvalue weighted by atomic mass is 79.9. The molecular weight excluding hydrogens is 270 g/mol. The van der Waals surface area contributed by atoms with Crippen molar-refractivity contribution >= 4 is 27.5 Å². The molecule has 0 radical (unpaired) electrons. The van der Waals surface area contributed by atoms with Crippen molar-refractivity contribution in [2.24, 2.45) is 5.92 Å². The molecule has 1 atom stereocenters. The SMILES string of the molecule is CC(C)C(O)c1c(F)ccc(Br)c1Cl. The van der Waals surface area contributed by atoms with E-state index in [9.17, 15) is 9.50 Å². The van der Waals surface area contributed by atoms with Crippen molar-refractivity contribution in [1.82, 2.24) is 0 Å². The van der Waals surface area contributed by atoms with Gasteiger partial charge in [-0.15, -0.1) is 0 Å². The van der Waals surface area contributed by atoms with E-state index in [0.29, 0.717) is 4.47 Å². The fraction of sp³-hybridized carbons (Fsp3) is 0.400. The first-order valence-electron chi connectivity index (χ1n) is 4.26. The van der Waals surface area contributed by atoms with Gasteiger partial charge in [-0.25, -0.2) is 4.39 Å². The average molecular weight is 282 g/mol. The summed E-state index contributed by atoms with van der Waals surface area (Å²) in [5.74, 6) is -0.546. The van der Waals surface area contributed by atoms with Gasteiger partial charge in [-0.05, 0) is 34.0 Å². The number of hydrogen-bond donors (Lipinski definition) is 1. The van der Waals surface area contributed by atoms with Crippen LogP contribution in [0.2, 0.25) is 5.02 Å². The molecule has 1 unspecified atom stereocenters. The van der Waals surface area contributed by atoms with Gasteiger partial charge in [-0.3, -0.25) is 0 Å². The van der Waals surface area contributed by atoms with Crippen molar-refractivity contribution in [3.63, 3.8) is 0 Å². The quantitative estimate of drug-likeness (QED) is 0.814. The monoisotopic (exact) mass is 280 g/mol. The highest BCUT2D eigenvalue weighted by molar-refractivity contribution is 9.10. The second kappa shape index (κ2) is 4.60.